The van der Waals surface area contributed by atoms with Gasteiger partial charge in [0.15, 0.2) is 11.6 Å². The maximum absolute atomic E-state index is 11.3. The van der Waals surface area contributed by atoms with Gasteiger partial charge in [-0.1, -0.05) is 0 Å². The summed E-state index contributed by atoms with van der Waals surface area (Å²) in [5.74, 6) is -2.76. The number of hydrogen-bond acceptors (Lipinski definition) is 6. The summed E-state index contributed by atoms with van der Waals surface area (Å²) in [7, 11) is 6.10. The quantitative estimate of drug-likeness (QED) is 0.472. The zero-order valence-corrected chi connectivity index (χ0v) is 16.2. The van der Waals surface area contributed by atoms with Gasteiger partial charge in [-0.25, -0.2) is 0 Å². The van der Waals surface area contributed by atoms with E-state index in [1.54, 1.807) is 0 Å². The van der Waals surface area contributed by atoms with E-state index in [2.05, 4.69) is 24.3 Å². The van der Waals surface area contributed by atoms with Crippen LogP contribution in [-0.4, -0.2) is 67.1 Å². The van der Waals surface area contributed by atoms with E-state index >= 15 is 0 Å². The molecule has 0 atom stereocenters. The number of aliphatic hydroxyl groups excluding tert-OH is 2. The van der Waals surface area contributed by atoms with E-state index in [4.69, 9.17) is 10.2 Å². The van der Waals surface area contributed by atoms with Crippen LogP contribution < -0.4 is 5.32 Å². The topological polar surface area (TPSA) is 89.9 Å². The summed E-state index contributed by atoms with van der Waals surface area (Å²) in [5.41, 5.74) is 0. The molecule has 0 saturated heterocycles. The first-order valence-electron chi connectivity index (χ1n) is 6.89. The standard InChI is InChI=1S/C5H5F3O2.C5H14N2.C5H8O2.Co/c1-3(9)2-4(10)5(6,7)8;1-6-4-5-7(2)3;1-4(6)3-5(2)7;/h2,10H,1H3;6H,4-5H2,1-3H3;3,6H,1-2H3;/q;;;+2/b4-2-;;4-3-;. The first-order valence-corrected chi connectivity index (χ1v) is 6.89. The molecule has 0 unspecified atom stereocenters. The molecule has 0 bridgehead atoms. The fraction of sp³-hybridized carbons (Fsp3) is 0.600. The SMILES string of the molecule is CC(=O)/C=C(/C)O.CC(=O)/C=C(\O)C(F)(F)F.CNCCN(C)C.[Co+2]. The van der Waals surface area contributed by atoms with Gasteiger partial charge in [0.2, 0.25) is 5.76 Å². The summed E-state index contributed by atoms with van der Waals surface area (Å²) in [6.45, 7) is 5.96. The van der Waals surface area contributed by atoms with E-state index in [0.29, 0.717) is 0 Å². The summed E-state index contributed by atoms with van der Waals surface area (Å²) < 4.78 is 34.0. The number of carbonyl (C=O) groups is 2. The molecule has 6 nitrogen and oxygen atoms in total. The molecular formula is C15H27CoF3N2O4+2. The molecule has 0 rings (SSSR count). The average Bonchev–Trinajstić information content (AvgIpc) is 2.34. The van der Waals surface area contributed by atoms with Gasteiger partial charge in [-0.15, -0.1) is 0 Å². The predicted molar refractivity (Wildman–Crippen MR) is 87.0 cm³/mol. The third-order valence-corrected chi connectivity index (χ3v) is 1.85. The zero-order valence-electron chi connectivity index (χ0n) is 15.2. The normalized spacial score (nSPS) is 11.4. The van der Waals surface area contributed by atoms with Crippen LogP contribution in [0, 0.1) is 0 Å². The molecule has 0 aliphatic rings. The number of hydrogen-bond donors (Lipinski definition) is 3. The molecule has 0 aromatic rings. The van der Waals surface area contributed by atoms with Crippen LogP contribution in [0.4, 0.5) is 13.2 Å². The van der Waals surface area contributed by atoms with Crippen molar-refractivity contribution >= 4 is 11.6 Å². The molecule has 25 heavy (non-hydrogen) atoms. The first kappa shape index (κ1) is 31.4. The predicted octanol–water partition coefficient (Wildman–Crippen LogP) is 2.38. The summed E-state index contributed by atoms with van der Waals surface area (Å²) in [4.78, 5) is 22.1. The Morgan fingerprint density at radius 2 is 1.44 bits per heavy atom. The third-order valence-electron chi connectivity index (χ3n) is 1.85. The van der Waals surface area contributed by atoms with Crippen molar-refractivity contribution in [3.63, 3.8) is 0 Å². The molecule has 0 spiro atoms. The van der Waals surface area contributed by atoms with Gasteiger partial charge in [0.25, 0.3) is 0 Å². The zero-order chi connectivity index (χ0) is 19.9. The summed E-state index contributed by atoms with van der Waals surface area (Å²) >= 11 is 0. The Morgan fingerprint density at radius 3 is 1.52 bits per heavy atom. The van der Waals surface area contributed by atoms with Crippen LogP contribution >= 0.6 is 0 Å². The van der Waals surface area contributed by atoms with Crippen molar-refractivity contribution in [1.82, 2.24) is 10.2 Å². The number of halogens is 3. The van der Waals surface area contributed by atoms with Crippen LogP contribution in [0.1, 0.15) is 20.8 Å². The maximum atomic E-state index is 11.3. The molecule has 0 saturated carbocycles. The number of aliphatic hydroxyl groups is 2. The van der Waals surface area contributed by atoms with Crippen LogP contribution in [0.25, 0.3) is 0 Å². The molecule has 149 valence electrons. The van der Waals surface area contributed by atoms with Crippen molar-refractivity contribution in [3.8, 4) is 0 Å². The minimum Gasteiger partial charge on any atom is -0.512 e. The molecule has 0 heterocycles. The second-order valence-electron chi connectivity index (χ2n) is 4.94. The van der Waals surface area contributed by atoms with Crippen LogP contribution in [0.2, 0.25) is 0 Å². The average molecular weight is 415 g/mol. The van der Waals surface area contributed by atoms with Crippen LogP contribution in [0.5, 0.6) is 0 Å². The fourth-order valence-corrected chi connectivity index (χ4v) is 0.904. The Balaban J connectivity index is -0.000000133. The summed E-state index contributed by atoms with van der Waals surface area (Å²) in [6.07, 6.45) is -3.52. The number of rotatable bonds is 5. The summed E-state index contributed by atoms with van der Waals surface area (Å²) in [5, 5.41) is 19.5. The molecular weight excluding hydrogens is 388 g/mol. The minimum atomic E-state index is -4.81. The number of nitrogens with zero attached hydrogens (tertiary/aromatic N) is 1. The molecule has 1 radical (unpaired) electrons. The Labute approximate surface area is 157 Å². The van der Waals surface area contributed by atoms with Gasteiger partial charge < -0.3 is 20.4 Å². The number of nitrogens with one attached hydrogen (secondary N) is 1. The Hall–Kier alpha value is -1.36. The van der Waals surface area contributed by atoms with Gasteiger partial charge in [-0.3, -0.25) is 9.59 Å². The van der Waals surface area contributed by atoms with Crippen molar-refractivity contribution in [1.29, 1.82) is 0 Å². The second-order valence-corrected chi connectivity index (χ2v) is 4.94. The first-order chi connectivity index (χ1) is 10.7. The molecule has 0 aromatic carbocycles. The van der Waals surface area contributed by atoms with Crippen LogP contribution in [0.15, 0.2) is 23.7 Å². The second kappa shape index (κ2) is 17.5. The third kappa shape index (κ3) is 34.8. The molecule has 0 fully saturated rings. The molecule has 0 aliphatic carbocycles. The van der Waals surface area contributed by atoms with Crippen molar-refractivity contribution in [2.75, 3.05) is 34.2 Å². The number of ketones is 2. The fourth-order valence-electron chi connectivity index (χ4n) is 0.904. The van der Waals surface area contributed by atoms with Crippen molar-refractivity contribution in [3.05, 3.63) is 23.7 Å². The maximum Gasteiger partial charge on any atom is 2.00 e. The van der Waals surface area contributed by atoms with Gasteiger partial charge in [0.05, 0.1) is 5.76 Å². The molecule has 10 heteroatoms. The van der Waals surface area contributed by atoms with Gasteiger partial charge in [-0.2, -0.15) is 13.2 Å². The van der Waals surface area contributed by atoms with Gasteiger partial charge in [-0.05, 0) is 41.9 Å². The van der Waals surface area contributed by atoms with E-state index in [0.717, 1.165) is 20.0 Å². The minimum absolute atomic E-state index is 0. The summed E-state index contributed by atoms with van der Waals surface area (Å²) in [6, 6.07) is 0. The van der Waals surface area contributed by atoms with Crippen molar-refractivity contribution in [2.24, 2.45) is 0 Å². The smallest absolute Gasteiger partial charge is 0.512 e. The Bertz CT molecular complexity index is 433. The van der Waals surface area contributed by atoms with E-state index < -0.39 is 17.7 Å². The Kier molecular flexibility index (Phi) is 21.9. The van der Waals surface area contributed by atoms with E-state index in [9.17, 15) is 22.8 Å². The van der Waals surface area contributed by atoms with Crippen LogP contribution in [-0.2, 0) is 26.4 Å². The molecule has 0 amide bonds. The van der Waals surface area contributed by atoms with Crippen LogP contribution in [0.3, 0.4) is 0 Å². The number of carbonyl (C=O) groups excluding carboxylic acids is 2. The Morgan fingerprint density at radius 1 is 1.04 bits per heavy atom. The molecule has 3 N–H and O–H groups in total. The van der Waals surface area contributed by atoms with Gasteiger partial charge in [0, 0.05) is 25.2 Å². The molecule has 0 aliphatic heterocycles. The number of likely N-dealkylation sites (N-methyl/N-ethyl adjacent to an activating group) is 2. The number of alkyl halides is 3. The van der Waals surface area contributed by atoms with E-state index in [1.807, 2.05) is 7.05 Å². The van der Waals surface area contributed by atoms with Gasteiger partial charge >= 0.3 is 23.0 Å². The largest absolute Gasteiger partial charge is 2.00 e. The van der Waals surface area contributed by atoms with Crippen molar-refractivity contribution < 1.29 is 49.8 Å². The molecule has 0 aromatic heterocycles. The number of allylic oxidation sites excluding steroid dienone is 4. The van der Waals surface area contributed by atoms with E-state index in [1.165, 1.54) is 19.9 Å². The van der Waals surface area contributed by atoms with Gasteiger partial charge in [0.1, 0.15) is 0 Å². The van der Waals surface area contributed by atoms with Crippen molar-refractivity contribution in [2.45, 2.75) is 26.9 Å². The van der Waals surface area contributed by atoms with E-state index in [-0.39, 0.29) is 34.4 Å². The monoisotopic (exact) mass is 415 g/mol.